The van der Waals surface area contributed by atoms with Gasteiger partial charge in [-0.05, 0) is 109 Å². The number of hydrogen-bond donors (Lipinski definition) is 6. The van der Waals surface area contributed by atoms with E-state index in [-0.39, 0.29) is 22.7 Å². The molecule has 6 N–H and O–H groups in total. The van der Waals surface area contributed by atoms with Gasteiger partial charge in [-0.2, -0.15) is 18.6 Å². The summed E-state index contributed by atoms with van der Waals surface area (Å²) < 4.78 is 34.6. The number of nitrogens with one attached hydrogen (secondary N) is 3. The van der Waals surface area contributed by atoms with Gasteiger partial charge >= 0.3 is 5.97 Å². The van der Waals surface area contributed by atoms with Gasteiger partial charge < -0.3 is 15.5 Å². The highest BCUT2D eigenvalue weighted by atomic mass is 32.2. The number of aliphatic hydroxyl groups excluding tert-OH is 1. The SMILES string of the molecule is O=C(O)C1=C/C(=N\Nc2ccc(C(O)=Nc3ccc(N/N=C4/C(=O)c5ccc(NC(=O)c6ccccc6)cc5C=C4S(=O)(=O)O)cc3)cc2)C=CC1=O. The van der Waals surface area contributed by atoms with Crippen LogP contribution in [0.25, 0.3) is 6.08 Å². The highest BCUT2D eigenvalue weighted by Crippen LogP contribution is 2.29. The molecular formula is C37H26N6O9S. The first-order valence-electron chi connectivity index (χ1n) is 15.4. The molecule has 0 saturated heterocycles. The lowest BCUT2D eigenvalue weighted by Gasteiger charge is -2.17. The summed E-state index contributed by atoms with van der Waals surface area (Å²) >= 11 is 0. The third-order valence-electron chi connectivity index (χ3n) is 7.65. The minimum absolute atomic E-state index is 0.0958. The van der Waals surface area contributed by atoms with Crippen molar-refractivity contribution in [3.8, 4) is 0 Å². The van der Waals surface area contributed by atoms with Crippen LogP contribution in [-0.4, -0.2) is 63.9 Å². The minimum Gasteiger partial charge on any atom is -0.493 e. The van der Waals surface area contributed by atoms with E-state index in [9.17, 15) is 37.3 Å². The number of rotatable bonds is 10. The number of aliphatic carboxylic acids is 1. The molecule has 6 rings (SSSR count). The van der Waals surface area contributed by atoms with Crippen molar-refractivity contribution in [3.05, 3.63) is 148 Å². The van der Waals surface area contributed by atoms with Gasteiger partial charge in [0.05, 0.1) is 22.8 Å². The molecule has 0 heterocycles. The van der Waals surface area contributed by atoms with Crippen LogP contribution in [0.5, 0.6) is 0 Å². The van der Waals surface area contributed by atoms with Gasteiger partial charge in [0.15, 0.2) is 11.5 Å². The molecule has 2 aliphatic rings. The van der Waals surface area contributed by atoms with E-state index in [1.807, 2.05) is 0 Å². The molecule has 4 aromatic carbocycles. The molecule has 264 valence electrons. The second-order valence-electron chi connectivity index (χ2n) is 11.3. The quantitative estimate of drug-likeness (QED) is 0.0302. The van der Waals surface area contributed by atoms with Gasteiger partial charge in [0.25, 0.3) is 16.0 Å². The maximum Gasteiger partial charge on any atom is 0.339 e. The van der Waals surface area contributed by atoms with Gasteiger partial charge in [0, 0.05) is 22.4 Å². The number of aliphatic hydroxyl groups is 1. The molecule has 0 aliphatic heterocycles. The van der Waals surface area contributed by atoms with Crippen molar-refractivity contribution in [3.63, 3.8) is 0 Å². The van der Waals surface area contributed by atoms with Crippen LogP contribution in [0.2, 0.25) is 0 Å². The van der Waals surface area contributed by atoms with Crippen molar-refractivity contribution < 1.29 is 42.4 Å². The molecule has 16 heteroatoms. The molecule has 53 heavy (non-hydrogen) atoms. The van der Waals surface area contributed by atoms with Crippen molar-refractivity contribution in [1.82, 2.24) is 0 Å². The van der Waals surface area contributed by atoms with Gasteiger partial charge in [-0.15, -0.1) is 0 Å². The molecule has 0 bridgehead atoms. The summed E-state index contributed by atoms with van der Waals surface area (Å²) in [4.78, 5) is 52.2. The fourth-order valence-electron chi connectivity index (χ4n) is 5.01. The molecule has 2 aliphatic carbocycles. The van der Waals surface area contributed by atoms with E-state index < -0.39 is 49.8 Å². The predicted molar refractivity (Wildman–Crippen MR) is 198 cm³/mol. The number of amides is 1. The lowest BCUT2D eigenvalue weighted by atomic mass is 9.94. The third kappa shape index (κ3) is 8.37. The average Bonchev–Trinajstić information content (AvgIpc) is 3.14. The van der Waals surface area contributed by atoms with Gasteiger partial charge in [-0.3, -0.25) is 29.8 Å². The van der Waals surface area contributed by atoms with Crippen LogP contribution >= 0.6 is 0 Å². The van der Waals surface area contributed by atoms with Crippen molar-refractivity contribution in [2.75, 3.05) is 16.2 Å². The van der Waals surface area contributed by atoms with E-state index in [1.54, 1.807) is 54.6 Å². The highest BCUT2D eigenvalue weighted by Gasteiger charge is 2.33. The largest absolute Gasteiger partial charge is 0.493 e. The Kier molecular flexibility index (Phi) is 9.98. The van der Waals surface area contributed by atoms with E-state index in [0.717, 1.165) is 18.2 Å². The predicted octanol–water partition coefficient (Wildman–Crippen LogP) is 5.39. The van der Waals surface area contributed by atoms with Crippen molar-refractivity contribution in [2.45, 2.75) is 0 Å². The molecule has 1 amide bonds. The number of carboxylic acid groups (broad SMARTS) is 1. The number of fused-ring (bicyclic) bond motifs is 1. The van der Waals surface area contributed by atoms with Crippen molar-refractivity contribution >= 4 is 79.7 Å². The van der Waals surface area contributed by atoms with Crippen LogP contribution in [0, 0.1) is 0 Å². The average molecular weight is 731 g/mol. The Balaban J connectivity index is 1.13. The maximum atomic E-state index is 13.4. The summed E-state index contributed by atoms with van der Waals surface area (Å²) in [5, 5.41) is 30.5. The lowest BCUT2D eigenvalue weighted by Crippen LogP contribution is -2.27. The summed E-state index contributed by atoms with van der Waals surface area (Å²) in [6, 6.07) is 25.1. The number of carbonyl (C=O) groups is 4. The number of carbonyl (C=O) groups excluding carboxylic acids is 3. The van der Waals surface area contributed by atoms with E-state index in [0.29, 0.717) is 33.9 Å². The highest BCUT2D eigenvalue weighted by molar-refractivity contribution is 7.91. The van der Waals surface area contributed by atoms with Crippen LogP contribution in [0.3, 0.4) is 0 Å². The molecule has 0 atom stereocenters. The van der Waals surface area contributed by atoms with Gasteiger partial charge in [-0.1, -0.05) is 18.2 Å². The number of aliphatic imine (C=N–C) groups is 1. The zero-order chi connectivity index (χ0) is 37.7. The summed E-state index contributed by atoms with van der Waals surface area (Å²) in [5.74, 6) is -3.50. The third-order valence-corrected chi connectivity index (χ3v) is 8.52. The lowest BCUT2D eigenvalue weighted by molar-refractivity contribution is -0.134. The van der Waals surface area contributed by atoms with Crippen LogP contribution in [0.4, 0.5) is 22.7 Å². The van der Waals surface area contributed by atoms with Crippen LogP contribution in [0.1, 0.15) is 31.8 Å². The van der Waals surface area contributed by atoms with Gasteiger partial charge in [0.2, 0.25) is 11.7 Å². The first-order valence-corrected chi connectivity index (χ1v) is 16.9. The van der Waals surface area contributed by atoms with E-state index >= 15 is 0 Å². The second kappa shape index (κ2) is 14.9. The first kappa shape index (κ1) is 35.5. The molecule has 0 saturated carbocycles. The normalized spacial score (nSPS) is 15.8. The number of nitrogens with zero attached hydrogens (tertiary/aromatic N) is 3. The Morgan fingerprint density at radius 3 is 2.00 bits per heavy atom. The second-order valence-corrected chi connectivity index (χ2v) is 12.7. The summed E-state index contributed by atoms with van der Waals surface area (Å²) in [7, 11) is -4.91. The molecule has 0 aromatic heterocycles. The van der Waals surface area contributed by atoms with E-state index in [4.69, 9.17) is 5.11 Å². The Bertz CT molecular complexity index is 2470. The number of benzene rings is 4. The van der Waals surface area contributed by atoms with E-state index in [1.165, 1.54) is 48.5 Å². The topological polar surface area (TPSA) is 236 Å². The Hall–Kier alpha value is -7.30. The summed E-state index contributed by atoms with van der Waals surface area (Å²) in [6.07, 6.45) is 4.72. The van der Waals surface area contributed by atoms with Crippen molar-refractivity contribution in [1.29, 1.82) is 0 Å². The van der Waals surface area contributed by atoms with Crippen LogP contribution in [-0.2, 0) is 19.7 Å². The zero-order valence-corrected chi connectivity index (χ0v) is 27.9. The number of ketones is 2. The van der Waals surface area contributed by atoms with Gasteiger partial charge in [-0.25, -0.2) is 9.79 Å². The molecule has 15 nitrogen and oxygen atoms in total. The monoisotopic (exact) mass is 730 g/mol. The molecule has 4 aromatic rings. The first-order chi connectivity index (χ1) is 25.4. The number of anilines is 3. The molecule has 0 radical (unpaired) electrons. The number of allylic oxidation sites excluding steroid dienone is 4. The van der Waals surface area contributed by atoms with Gasteiger partial charge in [0.1, 0.15) is 10.5 Å². The number of hydrogen-bond acceptors (Lipinski definition) is 11. The zero-order valence-electron chi connectivity index (χ0n) is 27.1. The standard InChI is InChI=1S/C37H26N6O9S/c44-31-17-15-28(20-30(31)37(48)49)42-40-25-8-6-22(7-9-25)36(47)38-24-10-12-26(13-11-24)41-43-33-32(53(50,51)52)19-23-18-27(14-16-29(23)34(33)45)39-35(46)21-4-2-1-3-5-21/h1-20,40-41H,(H,38,47)(H,39,46)(H,48,49)(H,50,51,52)/b42-28-,43-33+. The molecule has 0 spiro atoms. The fraction of sp³-hybridized carbons (Fsp3) is 0. The fourth-order valence-corrected chi connectivity index (χ4v) is 5.66. The van der Waals surface area contributed by atoms with Crippen molar-refractivity contribution in [2.24, 2.45) is 15.2 Å². The number of carboxylic acids is 1. The molecular weight excluding hydrogens is 705 g/mol. The van der Waals surface area contributed by atoms with E-state index in [2.05, 4.69) is 31.4 Å². The Morgan fingerprint density at radius 2 is 1.34 bits per heavy atom. The molecule has 0 unspecified atom stereocenters. The smallest absolute Gasteiger partial charge is 0.339 e. The van der Waals surface area contributed by atoms with Crippen LogP contribution in [0.15, 0.2) is 141 Å². The van der Waals surface area contributed by atoms with Crippen LogP contribution < -0.4 is 16.2 Å². The summed E-state index contributed by atoms with van der Waals surface area (Å²) in [5.41, 5.74) is 7.09. The minimum atomic E-state index is -4.91. The Morgan fingerprint density at radius 1 is 0.698 bits per heavy atom. The Labute approximate surface area is 300 Å². The number of hydrazone groups is 2. The number of Topliss-reactive ketones (excluding diaryl/α,β-unsaturated/α-hetero) is 1. The summed E-state index contributed by atoms with van der Waals surface area (Å²) in [6.45, 7) is 0. The molecule has 0 fully saturated rings. The maximum absolute atomic E-state index is 13.4.